The van der Waals surface area contributed by atoms with Gasteiger partial charge in [0.2, 0.25) is 0 Å². The fourth-order valence-electron chi connectivity index (χ4n) is 3.92. The molecule has 1 aliphatic heterocycles. The van der Waals surface area contributed by atoms with Gasteiger partial charge in [0.05, 0.1) is 5.69 Å². The van der Waals surface area contributed by atoms with Gasteiger partial charge in [-0.2, -0.15) is 0 Å². The molecule has 3 nitrogen and oxygen atoms in total. The number of hydrogen-bond donors (Lipinski definition) is 0. The van der Waals surface area contributed by atoms with Gasteiger partial charge in [-0.05, 0) is 42.9 Å². The molecule has 1 heterocycles. The summed E-state index contributed by atoms with van der Waals surface area (Å²) in [4.78, 5) is 4.41. The number of anilines is 2. The highest BCUT2D eigenvalue weighted by Crippen LogP contribution is 2.50. The quantitative estimate of drug-likeness (QED) is 0.646. The van der Waals surface area contributed by atoms with E-state index < -0.39 is 0 Å². The zero-order chi connectivity index (χ0) is 18.8. The zero-order valence-electron chi connectivity index (χ0n) is 16.2. The fourth-order valence-corrected chi connectivity index (χ4v) is 3.92. The molecular weight excluding hydrogens is 332 g/mol. The number of para-hydroxylation sites is 2. The minimum absolute atomic E-state index is 0.214. The highest BCUT2D eigenvalue weighted by atomic mass is 16.5. The van der Waals surface area contributed by atoms with Gasteiger partial charge >= 0.3 is 0 Å². The van der Waals surface area contributed by atoms with E-state index in [-0.39, 0.29) is 5.92 Å². The number of hydrogen-bond acceptors (Lipinski definition) is 3. The number of nitrogens with zero attached hydrogens (tertiary/aromatic N) is 2. The molecule has 0 radical (unpaired) electrons. The standard InChI is InChI=1S/C24H26N2O/c1-25(2)16-17-27-22-15-9-13-20-23(18-10-5-4-6-11-18)19-12-7-8-14-21(19)26(3)24(20)22/h4-15,23H,16-17H2,1-3H3. The molecule has 1 atom stereocenters. The van der Waals surface area contributed by atoms with Crippen molar-refractivity contribution in [3.8, 4) is 5.75 Å². The van der Waals surface area contributed by atoms with E-state index in [0.717, 1.165) is 12.3 Å². The predicted octanol–water partition coefficient (Wildman–Crippen LogP) is 4.89. The summed E-state index contributed by atoms with van der Waals surface area (Å²) in [7, 11) is 6.27. The molecule has 0 N–H and O–H groups in total. The first-order valence-corrected chi connectivity index (χ1v) is 9.45. The van der Waals surface area contributed by atoms with E-state index in [4.69, 9.17) is 4.74 Å². The SMILES string of the molecule is CN(C)CCOc1cccc2c1N(C)c1ccccc1C2c1ccccc1. The van der Waals surface area contributed by atoms with Crippen LogP contribution in [0.5, 0.6) is 5.75 Å². The lowest BCUT2D eigenvalue weighted by atomic mass is 9.80. The lowest BCUT2D eigenvalue weighted by molar-refractivity contribution is 0.262. The number of rotatable bonds is 5. The molecule has 0 aromatic heterocycles. The van der Waals surface area contributed by atoms with Crippen molar-refractivity contribution in [3.05, 3.63) is 89.5 Å². The van der Waals surface area contributed by atoms with Crippen molar-refractivity contribution in [2.24, 2.45) is 0 Å². The second-order valence-electron chi connectivity index (χ2n) is 7.31. The smallest absolute Gasteiger partial charge is 0.143 e. The van der Waals surface area contributed by atoms with E-state index in [1.54, 1.807) is 0 Å². The van der Waals surface area contributed by atoms with E-state index in [0.29, 0.717) is 6.61 Å². The predicted molar refractivity (Wildman–Crippen MR) is 112 cm³/mol. The van der Waals surface area contributed by atoms with Crippen molar-refractivity contribution in [2.45, 2.75) is 5.92 Å². The monoisotopic (exact) mass is 358 g/mol. The topological polar surface area (TPSA) is 15.7 Å². The molecule has 138 valence electrons. The van der Waals surface area contributed by atoms with Gasteiger partial charge in [-0.15, -0.1) is 0 Å². The van der Waals surface area contributed by atoms with Crippen LogP contribution in [0.25, 0.3) is 0 Å². The summed E-state index contributed by atoms with van der Waals surface area (Å²) >= 11 is 0. The van der Waals surface area contributed by atoms with Gasteiger partial charge in [-0.25, -0.2) is 0 Å². The van der Waals surface area contributed by atoms with E-state index in [2.05, 4.69) is 104 Å². The van der Waals surface area contributed by atoms with Crippen LogP contribution >= 0.6 is 0 Å². The van der Waals surface area contributed by atoms with Crippen LogP contribution in [0.2, 0.25) is 0 Å². The summed E-state index contributed by atoms with van der Waals surface area (Å²) in [5.74, 6) is 1.17. The number of ether oxygens (including phenoxy) is 1. The lowest BCUT2D eigenvalue weighted by Crippen LogP contribution is -2.24. The molecule has 3 aromatic carbocycles. The first-order chi connectivity index (χ1) is 13.2. The Labute approximate surface area is 161 Å². The average molecular weight is 358 g/mol. The van der Waals surface area contributed by atoms with Crippen molar-refractivity contribution in [1.29, 1.82) is 0 Å². The van der Waals surface area contributed by atoms with Crippen LogP contribution in [0.3, 0.4) is 0 Å². The first kappa shape index (κ1) is 17.6. The second kappa shape index (κ2) is 7.45. The minimum Gasteiger partial charge on any atom is -0.490 e. The van der Waals surface area contributed by atoms with Gasteiger partial charge in [-0.1, -0.05) is 60.7 Å². The molecule has 0 bridgehead atoms. The Morgan fingerprint density at radius 2 is 1.56 bits per heavy atom. The summed E-state index contributed by atoms with van der Waals surface area (Å²) in [6.07, 6.45) is 0. The van der Waals surface area contributed by atoms with Gasteiger partial charge < -0.3 is 14.5 Å². The molecule has 0 amide bonds. The molecule has 1 unspecified atom stereocenters. The maximum atomic E-state index is 6.20. The molecule has 0 aliphatic carbocycles. The molecule has 27 heavy (non-hydrogen) atoms. The Hall–Kier alpha value is -2.78. The lowest BCUT2D eigenvalue weighted by Gasteiger charge is -2.36. The van der Waals surface area contributed by atoms with Crippen molar-refractivity contribution < 1.29 is 4.74 Å². The Kier molecular flexibility index (Phi) is 4.87. The summed E-state index contributed by atoms with van der Waals surface area (Å²) in [5.41, 5.74) is 6.35. The Morgan fingerprint density at radius 1 is 0.852 bits per heavy atom. The maximum Gasteiger partial charge on any atom is 0.143 e. The summed E-state index contributed by atoms with van der Waals surface area (Å²) in [6, 6.07) is 25.9. The Bertz CT molecular complexity index is 921. The van der Waals surface area contributed by atoms with Crippen molar-refractivity contribution >= 4 is 11.4 Å². The minimum atomic E-state index is 0.214. The van der Waals surface area contributed by atoms with Crippen LogP contribution in [0, 0.1) is 0 Å². The summed E-state index contributed by atoms with van der Waals surface area (Å²) in [5, 5.41) is 0. The third-order valence-corrected chi connectivity index (χ3v) is 5.21. The molecule has 0 saturated carbocycles. The average Bonchev–Trinajstić information content (AvgIpc) is 2.69. The largest absolute Gasteiger partial charge is 0.490 e. The van der Waals surface area contributed by atoms with E-state index in [1.165, 1.54) is 28.1 Å². The van der Waals surface area contributed by atoms with Crippen molar-refractivity contribution in [2.75, 3.05) is 39.2 Å². The molecule has 3 aromatic rings. The molecule has 0 fully saturated rings. The summed E-state index contributed by atoms with van der Waals surface area (Å²) < 4.78 is 6.20. The van der Waals surface area contributed by atoms with Crippen LogP contribution in [0.15, 0.2) is 72.8 Å². The second-order valence-corrected chi connectivity index (χ2v) is 7.31. The maximum absolute atomic E-state index is 6.20. The molecular formula is C24H26N2O. The van der Waals surface area contributed by atoms with Gasteiger partial charge in [0, 0.05) is 25.2 Å². The molecule has 0 spiro atoms. The van der Waals surface area contributed by atoms with Crippen molar-refractivity contribution in [3.63, 3.8) is 0 Å². The van der Waals surface area contributed by atoms with Crippen LogP contribution in [-0.2, 0) is 0 Å². The van der Waals surface area contributed by atoms with Crippen LogP contribution in [-0.4, -0.2) is 39.2 Å². The third kappa shape index (κ3) is 3.31. The highest BCUT2D eigenvalue weighted by Gasteiger charge is 2.31. The Balaban J connectivity index is 1.83. The van der Waals surface area contributed by atoms with Gasteiger partial charge in [0.15, 0.2) is 0 Å². The molecule has 4 rings (SSSR count). The summed E-state index contributed by atoms with van der Waals surface area (Å²) in [6.45, 7) is 1.57. The number of likely N-dealkylation sites (N-methyl/N-ethyl adjacent to an activating group) is 1. The van der Waals surface area contributed by atoms with Gasteiger partial charge in [0.1, 0.15) is 12.4 Å². The molecule has 1 aliphatic rings. The third-order valence-electron chi connectivity index (χ3n) is 5.21. The molecule has 3 heteroatoms. The zero-order valence-corrected chi connectivity index (χ0v) is 16.2. The van der Waals surface area contributed by atoms with Gasteiger partial charge in [0.25, 0.3) is 0 Å². The van der Waals surface area contributed by atoms with E-state index in [1.807, 2.05) is 0 Å². The Morgan fingerprint density at radius 3 is 2.33 bits per heavy atom. The first-order valence-electron chi connectivity index (χ1n) is 9.45. The van der Waals surface area contributed by atoms with Crippen LogP contribution in [0.1, 0.15) is 22.6 Å². The van der Waals surface area contributed by atoms with Crippen LogP contribution < -0.4 is 9.64 Å². The van der Waals surface area contributed by atoms with Crippen molar-refractivity contribution in [1.82, 2.24) is 4.90 Å². The van der Waals surface area contributed by atoms with E-state index >= 15 is 0 Å². The number of fused-ring (bicyclic) bond motifs is 2. The fraction of sp³-hybridized carbons (Fsp3) is 0.250. The number of benzene rings is 3. The van der Waals surface area contributed by atoms with Gasteiger partial charge in [-0.3, -0.25) is 0 Å². The van der Waals surface area contributed by atoms with E-state index in [9.17, 15) is 0 Å². The normalized spacial score (nSPS) is 15.4. The van der Waals surface area contributed by atoms with Crippen LogP contribution in [0.4, 0.5) is 11.4 Å². The highest BCUT2D eigenvalue weighted by molar-refractivity contribution is 5.81. The molecule has 0 saturated heterocycles.